The molecule has 2 aromatic heterocycles. The minimum absolute atomic E-state index is 0.00164. The fourth-order valence-corrected chi connectivity index (χ4v) is 3.72. The van der Waals surface area contributed by atoms with Gasteiger partial charge in [-0.25, -0.2) is 15.0 Å². The van der Waals surface area contributed by atoms with Gasteiger partial charge in [-0.3, -0.25) is 14.6 Å². The molecule has 3 heterocycles. The lowest BCUT2D eigenvalue weighted by Crippen LogP contribution is -2.40. The number of aromatic nitrogens is 4. The third-order valence-electron chi connectivity index (χ3n) is 5.45. The first-order valence-corrected chi connectivity index (χ1v) is 10.4. The van der Waals surface area contributed by atoms with Crippen molar-refractivity contribution in [2.75, 3.05) is 25.5 Å². The van der Waals surface area contributed by atoms with Gasteiger partial charge in [0, 0.05) is 43.3 Å². The second-order valence-corrected chi connectivity index (χ2v) is 7.59. The van der Waals surface area contributed by atoms with E-state index in [2.05, 4.69) is 25.3 Å². The minimum atomic E-state index is -0.276. The number of aryl methyl sites for hydroxylation is 1. The zero-order valence-electron chi connectivity index (χ0n) is 18.0. The summed E-state index contributed by atoms with van der Waals surface area (Å²) in [5, 5.41) is 2.85. The Bertz CT molecular complexity index is 1100. The Hall–Kier alpha value is -3.88. The molecule has 164 valence electrons. The van der Waals surface area contributed by atoms with E-state index in [1.807, 2.05) is 0 Å². The number of hydrogen-bond donors (Lipinski definition) is 1. The number of carbonyl (C=O) groups excluding carboxylic acids is 2. The molecule has 0 spiro atoms. The fraction of sp³-hybridized carbons (Fsp3) is 0.304. The Labute approximate surface area is 185 Å². The molecule has 1 N–H and O–H groups in total. The fourth-order valence-electron chi connectivity index (χ4n) is 3.72. The number of piperidine rings is 1. The Morgan fingerprint density at radius 1 is 1.12 bits per heavy atom. The van der Waals surface area contributed by atoms with Gasteiger partial charge in [0.05, 0.1) is 24.6 Å². The molecule has 0 saturated carbocycles. The molecule has 1 saturated heterocycles. The maximum Gasteiger partial charge on any atom is 0.274 e. The predicted molar refractivity (Wildman–Crippen MR) is 118 cm³/mol. The van der Waals surface area contributed by atoms with Crippen LogP contribution in [0.2, 0.25) is 0 Å². The van der Waals surface area contributed by atoms with Crippen LogP contribution < -0.4 is 10.1 Å². The number of nitrogens with one attached hydrogen (secondary N) is 1. The molecule has 0 unspecified atom stereocenters. The molecule has 9 nitrogen and oxygen atoms in total. The Morgan fingerprint density at radius 2 is 1.94 bits per heavy atom. The first-order valence-electron chi connectivity index (χ1n) is 10.4. The second-order valence-electron chi connectivity index (χ2n) is 7.59. The van der Waals surface area contributed by atoms with Gasteiger partial charge in [-0.05, 0) is 44.0 Å². The highest BCUT2D eigenvalue weighted by atomic mass is 16.5. The van der Waals surface area contributed by atoms with Crippen molar-refractivity contribution in [3.8, 4) is 5.75 Å². The van der Waals surface area contributed by atoms with Crippen molar-refractivity contribution < 1.29 is 14.3 Å². The molecule has 4 rings (SSSR count). The van der Waals surface area contributed by atoms with E-state index in [1.54, 1.807) is 55.6 Å². The number of anilines is 1. The molecular formula is C23H24N6O3. The number of carbonyl (C=O) groups is 2. The maximum absolute atomic E-state index is 12.7. The number of rotatable bonds is 5. The molecule has 1 fully saturated rings. The van der Waals surface area contributed by atoms with Gasteiger partial charge in [-0.15, -0.1) is 0 Å². The van der Waals surface area contributed by atoms with Gasteiger partial charge in [0.2, 0.25) is 0 Å². The number of hydrogen-bond acceptors (Lipinski definition) is 7. The summed E-state index contributed by atoms with van der Waals surface area (Å²) >= 11 is 0. The van der Waals surface area contributed by atoms with Gasteiger partial charge in [-0.2, -0.15) is 0 Å². The van der Waals surface area contributed by atoms with Gasteiger partial charge < -0.3 is 15.0 Å². The van der Waals surface area contributed by atoms with E-state index in [-0.39, 0.29) is 17.7 Å². The summed E-state index contributed by atoms with van der Waals surface area (Å²) in [7, 11) is 1.59. The molecule has 3 aromatic rings. The number of benzene rings is 1. The number of amides is 2. The zero-order chi connectivity index (χ0) is 22.5. The van der Waals surface area contributed by atoms with Crippen molar-refractivity contribution >= 4 is 17.5 Å². The van der Waals surface area contributed by atoms with Crippen LogP contribution in [0.15, 0.2) is 49.1 Å². The van der Waals surface area contributed by atoms with Crippen LogP contribution in [0.25, 0.3) is 0 Å². The van der Waals surface area contributed by atoms with Crippen molar-refractivity contribution in [3.63, 3.8) is 0 Å². The zero-order valence-corrected chi connectivity index (χ0v) is 18.0. The quantitative estimate of drug-likeness (QED) is 0.660. The van der Waals surface area contributed by atoms with Gasteiger partial charge >= 0.3 is 0 Å². The highest BCUT2D eigenvalue weighted by Gasteiger charge is 2.28. The molecule has 1 aromatic carbocycles. The topological polar surface area (TPSA) is 110 Å². The lowest BCUT2D eigenvalue weighted by atomic mass is 9.96. The van der Waals surface area contributed by atoms with Crippen LogP contribution in [0.5, 0.6) is 5.75 Å². The monoisotopic (exact) mass is 432 g/mol. The highest BCUT2D eigenvalue weighted by molar-refractivity contribution is 6.04. The van der Waals surface area contributed by atoms with Crippen molar-refractivity contribution in [1.82, 2.24) is 24.8 Å². The lowest BCUT2D eigenvalue weighted by Gasteiger charge is -2.31. The third kappa shape index (κ3) is 4.72. The van der Waals surface area contributed by atoms with Crippen molar-refractivity contribution in [2.45, 2.75) is 25.7 Å². The predicted octanol–water partition coefficient (Wildman–Crippen LogP) is 2.86. The molecule has 0 radical (unpaired) electrons. The Balaban J connectivity index is 1.45. The minimum Gasteiger partial charge on any atom is -0.497 e. The van der Waals surface area contributed by atoms with Crippen molar-refractivity contribution in [2.24, 2.45) is 0 Å². The summed E-state index contributed by atoms with van der Waals surface area (Å²) in [4.78, 5) is 44.3. The standard InChI is InChI=1S/C23H24N6O3/c1-15-19(22(30)28-17-5-7-18(32-2)8-6-17)12-26-21(27-15)16-4-3-11-29(14-16)23(31)20-13-24-9-10-25-20/h5-10,12-13,16H,3-4,11,14H2,1-2H3,(H,28,30)/t16-/m0/s1. The first-order chi connectivity index (χ1) is 15.5. The molecule has 1 aliphatic heterocycles. The van der Waals surface area contributed by atoms with Crippen LogP contribution in [0.1, 0.15) is 51.1 Å². The van der Waals surface area contributed by atoms with Crippen LogP contribution >= 0.6 is 0 Å². The second kappa shape index (κ2) is 9.51. The smallest absolute Gasteiger partial charge is 0.274 e. The van der Waals surface area contributed by atoms with E-state index in [0.29, 0.717) is 47.3 Å². The number of likely N-dealkylation sites (tertiary alicyclic amines) is 1. The molecule has 0 aliphatic carbocycles. The summed E-state index contributed by atoms with van der Waals surface area (Å²) in [6, 6.07) is 7.09. The Morgan fingerprint density at radius 3 is 2.62 bits per heavy atom. The summed E-state index contributed by atoms with van der Waals surface area (Å²) in [6.07, 6.45) is 7.80. The first kappa shape index (κ1) is 21.4. The lowest BCUT2D eigenvalue weighted by molar-refractivity contribution is 0.0698. The maximum atomic E-state index is 12.7. The van der Waals surface area contributed by atoms with Crippen LogP contribution in [-0.4, -0.2) is 56.8 Å². The van der Waals surface area contributed by atoms with Crippen LogP contribution in [0.4, 0.5) is 5.69 Å². The summed E-state index contributed by atoms with van der Waals surface area (Å²) in [5.41, 5.74) is 1.99. The SMILES string of the molecule is COc1ccc(NC(=O)c2cnc([C@H]3CCCN(C(=O)c4cnccn4)C3)nc2C)cc1. The van der Waals surface area contributed by atoms with Crippen LogP contribution in [0.3, 0.4) is 0 Å². The van der Waals surface area contributed by atoms with E-state index < -0.39 is 0 Å². The molecule has 1 atom stereocenters. The van der Waals surface area contributed by atoms with Crippen molar-refractivity contribution in [1.29, 1.82) is 0 Å². The Kier molecular flexibility index (Phi) is 6.34. The number of nitrogens with zero attached hydrogens (tertiary/aromatic N) is 5. The normalized spacial score (nSPS) is 15.8. The molecular weight excluding hydrogens is 408 g/mol. The molecule has 2 amide bonds. The van der Waals surface area contributed by atoms with Crippen molar-refractivity contribution in [3.05, 3.63) is 71.8 Å². The third-order valence-corrected chi connectivity index (χ3v) is 5.45. The molecule has 9 heteroatoms. The van der Waals surface area contributed by atoms with Gasteiger partial charge in [0.25, 0.3) is 11.8 Å². The van der Waals surface area contributed by atoms with Gasteiger partial charge in [0.15, 0.2) is 0 Å². The van der Waals surface area contributed by atoms with E-state index in [1.165, 1.54) is 12.4 Å². The van der Waals surface area contributed by atoms with E-state index >= 15 is 0 Å². The molecule has 1 aliphatic rings. The largest absolute Gasteiger partial charge is 0.497 e. The highest BCUT2D eigenvalue weighted by Crippen LogP contribution is 2.26. The van der Waals surface area contributed by atoms with E-state index in [0.717, 1.165) is 12.8 Å². The molecule has 32 heavy (non-hydrogen) atoms. The van der Waals surface area contributed by atoms with Crippen LogP contribution in [-0.2, 0) is 0 Å². The summed E-state index contributed by atoms with van der Waals surface area (Å²) in [6.45, 7) is 2.96. The van der Waals surface area contributed by atoms with E-state index in [9.17, 15) is 9.59 Å². The number of ether oxygens (including phenoxy) is 1. The summed E-state index contributed by atoms with van der Waals surface area (Å²) < 4.78 is 5.13. The number of methoxy groups -OCH3 is 1. The van der Waals surface area contributed by atoms with Gasteiger partial charge in [-0.1, -0.05) is 0 Å². The van der Waals surface area contributed by atoms with Gasteiger partial charge in [0.1, 0.15) is 17.3 Å². The summed E-state index contributed by atoms with van der Waals surface area (Å²) in [5.74, 6) is 0.936. The molecule has 0 bridgehead atoms. The van der Waals surface area contributed by atoms with E-state index in [4.69, 9.17) is 4.74 Å². The van der Waals surface area contributed by atoms with Crippen LogP contribution in [0, 0.1) is 6.92 Å². The average molecular weight is 432 g/mol. The average Bonchev–Trinajstić information content (AvgIpc) is 2.84.